The van der Waals surface area contributed by atoms with Gasteiger partial charge in [0.05, 0.1) is 16.8 Å². The zero-order valence-electron chi connectivity index (χ0n) is 17.4. The summed E-state index contributed by atoms with van der Waals surface area (Å²) in [5.41, 5.74) is 4.67. The summed E-state index contributed by atoms with van der Waals surface area (Å²) in [4.78, 5) is 15.7. The van der Waals surface area contributed by atoms with Crippen LogP contribution in [0.2, 0.25) is 0 Å². The molecule has 0 saturated carbocycles. The highest BCUT2D eigenvalue weighted by molar-refractivity contribution is 7.99. The van der Waals surface area contributed by atoms with Crippen molar-refractivity contribution in [2.75, 3.05) is 5.32 Å². The molecule has 0 bridgehead atoms. The van der Waals surface area contributed by atoms with E-state index in [1.54, 1.807) is 23.9 Å². The summed E-state index contributed by atoms with van der Waals surface area (Å²) in [5.74, 6) is 0.965. The molecule has 0 saturated heterocycles. The van der Waals surface area contributed by atoms with Crippen LogP contribution in [0.1, 0.15) is 5.56 Å². The van der Waals surface area contributed by atoms with E-state index in [4.69, 9.17) is 4.98 Å². The third kappa shape index (κ3) is 4.26. The van der Waals surface area contributed by atoms with Crippen molar-refractivity contribution in [2.24, 2.45) is 0 Å². The Morgan fingerprint density at radius 3 is 2.47 bits per heavy atom. The maximum absolute atomic E-state index is 9.56. The van der Waals surface area contributed by atoms with Crippen LogP contribution in [0, 0.1) is 6.92 Å². The lowest BCUT2D eigenvalue weighted by Gasteiger charge is -2.14. The van der Waals surface area contributed by atoms with Gasteiger partial charge in [0.25, 0.3) is 0 Å². The molecule has 3 aromatic carbocycles. The molecule has 0 aliphatic carbocycles. The lowest BCUT2D eigenvalue weighted by Crippen LogP contribution is -1.99. The molecule has 5 rings (SSSR count). The quantitative estimate of drug-likeness (QED) is 0.323. The second-order valence-electron chi connectivity index (χ2n) is 7.38. The molecule has 2 heterocycles. The topological polar surface area (TPSA) is 70.9 Å². The summed E-state index contributed by atoms with van der Waals surface area (Å²) in [6.07, 6.45) is 1.54. The molecule has 0 spiro atoms. The molecule has 156 valence electrons. The molecule has 0 atom stereocenters. The van der Waals surface area contributed by atoms with Crippen molar-refractivity contribution in [1.82, 2.24) is 15.0 Å². The highest BCUT2D eigenvalue weighted by Crippen LogP contribution is 2.36. The standard InChI is InChI=1S/C26H20N4OS/c1-17-7-14-24(32-20-10-8-19(31)9-11-20)23(15-17)30-26-21-12-13-22(18-5-3-2-4-6-18)29-25(21)27-16-28-26/h2-16,31H,1H3,(H,27,28,29,30). The first-order valence-electron chi connectivity index (χ1n) is 10.2. The van der Waals surface area contributed by atoms with Crippen molar-refractivity contribution < 1.29 is 5.11 Å². The van der Waals surface area contributed by atoms with E-state index in [9.17, 15) is 5.11 Å². The Labute approximate surface area is 190 Å². The average molecular weight is 437 g/mol. The number of aromatic hydroxyl groups is 1. The number of rotatable bonds is 5. The number of aryl methyl sites for hydroxylation is 1. The van der Waals surface area contributed by atoms with Crippen molar-refractivity contribution in [3.05, 3.63) is 96.8 Å². The van der Waals surface area contributed by atoms with Crippen molar-refractivity contribution in [3.63, 3.8) is 0 Å². The first-order chi connectivity index (χ1) is 15.7. The van der Waals surface area contributed by atoms with Gasteiger partial charge in [-0.05, 0) is 61.0 Å². The Morgan fingerprint density at radius 1 is 0.844 bits per heavy atom. The van der Waals surface area contributed by atoms with Crippen LogP contribution in [0.5, 0.6) is 5.75 Å². The van der Waals surface area contributed by atoms with Gasteiger partial charge in [0, 0.05) is 15.4 Å². The van der Waals surface area contributed by atoms with Crippen LogP contribution in [-0.2, 0) is 0 Å². The Kier molecular flexibility index (Phi) is 5.44. The Morgan fingerprint density at radius 2 is 1.66 bits per heavy atom. The molecule has 0 fully saturated rings. The van der Waals surface area contributed by atoms with Crippen LogP contribution in [0.3, 0.4) is 0 Å². The van der Waals surface area contributed by atoms with Gasteiger partial charge in [-0.25, -0.2) is 15.0 Å². The van der Waals surface area contributed by atoms with E-state index in [-0.39, 0.29) is 5.75 Å². The largest absolute Gasteiger partial charge is 0.508 e. The minimum Gasteiger partial charge on any atom is -0.508 e. The third-order valence-corrected chi connectivity index (χ3v) is 6.10. The third-order valence-electron chi connectivity index (χ3n) is 5.02. The molecule has 2 aromatic heterocycles. The normalized spacial score (nSPS) is 10.9. The van der Waals surface area contributed by atoms with Gasteiger partial charge in [0.15, 0.2) is 5.65 Å². The number of phenolic OH excluding ortho intramolecular Hbond substituents is 1. The van der Waals surface area contributed by atoms with Gasteiger partial charge in [-0.15, -0.1) is 0 Å². The summed E-state index contributed by atoms with van der Waals surface area (Å²) >= 11 is 1.62. The highest BCUT2D eigenvalue weighted by atomic mass is 32.2. The summed E-state index contributed by atoms with van der Waals surface area (Å²) < 4.78 is 0. The van der Waals surface area contributed by atoms with Gasteiger partial charge >= 0.3 is 0 Å². The van der Waals surface area contributed by atoms with Gasteiger partial charge in [0.2, 0.25) is 0 Å². The van der Waals surface area contributed by atoms with Gasteiger partial charge in [-0.3, -0.25) is 0 Å². The maximum Gasteiger partial charge on any atom is 0.165 e. The predicted molar refractivity (Wildman–Crippen MR) is 129 cm³/mol. The molecule has 2 N–H and O–H groups in total. The van der Waals surface area contributed by atoms with Gasteiger partial charge < -0.3 is 10.4 Å². The minimum absolute atomic E-state index is 0.256. The van der Waals surface area contributed by atoms with Crippen LogP contribution in [0.25, 0.3) is 22.3 Å². The molecule has 32 heavy (non-hydrogen) atoms. The van der Waals surface area contributed by atoms with E-state index in [0.717, 1.165) is 37.7 Å². The fraction of sp³-hybridized carbons (Fsp3) is 0.0385. The first kappa shape index (κ1) is 20.0. The number of aromatic nitrogens is 3. The molecule has 5 nitrogen and oxygen atoms in total. The van der Waals surface area contributed by atoms with E-state index in [1.807, 2.05) is 54.6 Å². The van der Waals surface area contributed by atoms with Crippen LogP contribution in [0.15, 0.2) is 101 Å². The number of hydrogen-bond donors (Lipinski definition) is 2. The fourth-order valence-corrected chi connectivity index (χ4v) is 4.29. The first-order valence-corrected chi connectivity index (χ1v) is 11.0. The van der Waals surface area contributed by atoms with Crippen molar-refractivity contribution >= 4 is 34.3 Å². The van der Waals surface area contributed by atoms with Crippen molar-refractivity contribution in [1.29, 1.82) is 0 Å². The number of phenols is 1. The summed E-state index contributed by atoms with van der Waals surface area (Å²) in [6, 6.07) is 27.5. The van der Waals surface area contributed by atoms with Crippen molar-refractivity contribution in [3.8, 4) is 17.0 Å². The smallest absolute Gasteiger partial charge is 0.165 e. The second-order valence-corrected chi connectivity index (χ2v) is 8.49. The monoisotopic (exact) mass is 436 g/mol. The van der Waals surface area contributed by atoms with Gasteiger partial charge in [-0.1, -0.05) is 48.2 Å². The molecule has 0 amide bonds. The van der Waals surface area contributed by atoms with E-state index in [0.29, 0.717) is 11.5 Å². The summed E-state index contributed by atoms with van der Waals surface area (Å²) in [7, 11) is 0. The zero-order valence-corrected chi connectivity index (χ0v) is 18.2. The number of nitrogens with one attached hydrogen (secondary N) is 1. The predicted octanol–water partition coefficient (Wildman–Crippen LogP) is 6.60. The average Bonchev–Trinajstić information content (AvgIpc) is 2.82. The van der Waals surface area contributed by atoms with Crippen LogP contribution < -0.4 is 5.32 Å². The van der Waals surface area contributed by atoms with Crippen molar-refractivity contribution in [2.45, 2.75) is 16.7 Å². The molecule has 5 aromatic rings. The molecule has 0 unspecified atom stereocenters. The molecule has 6 heteroatoms. The molecular weight excluding hydrogens is 416 g/mol. The minimum atomic E-state index is 0.256. The lowest BCUT2D eigenvalue weighted by atomic mass is 10.1. The maximum atomic E-state index is 9.56. The Bertz CT molecular complexity index is 1390. The molecule has 0 radical (unpaired) electrons. The number of hydrogen-bond acceptors (Lipinski definition) is 6. The van der Waals surface area contributed by atoms with E-state index < -0.39 is 0 Å². The number of fused-ring (bicyclic) bond motifs is 1. The number of anilines is 2. The molecule has 0 aliphatic heterocycles. The highest BCUT2D eigenvalue weighted by Gasteiger charge is 2.11. The second kappa shape index (κ2) is 8.69. The van der Waals surface area contributed by atoms with E-state index >= 15 is 0 Å². The van der Waals surface area contributed by atoms with Gasteiger partial charge in [-0.2, -0.15) is 0 Å². The van der Waals surface area contributed by atoms with Crippen LogP contribution in [0.4, 0.5) is 11.5 Å². The Balaban J connectivity index is 1.50. The van der Waals surface area contributed by atoms with Crippen LogP contribution in [-0.4, -0.2) is 20.1 Å². The van der Waals surface area contributed by atoms with Crippen LogP contribution >= 0.6 is 11.8 Å². The zero-order chi connectivity index (χ0) is 21.9. The van der Waals surface area contributed by atoms with Gasteiger partial charge in [0.1, 0.15) is 17.9 Å². The lowest BCUT2D eigenvalue weighted by molar-refractivity contribution is 0.475. The molecular formula is C26H20N4OS. The summed E-state index contributed by atoms with van der Waals surface area (Å²) in [5, 5.41) is 13.9. The Hall–Kier alpha value is -3.90. The number of nitrogens with zero attached hydrogens (tertiary/aromatic N) is 3. The summed E-state index contributed by atoms with van der Waals surface area (Å²) in [6.45, 7) is 2.06. The number of benzene rings is 3. The molecule has 0 aliphatic rings. The van der Waals surface area contributed by atoms with E-state index in [2.05, 4.69) is 40.4 Å². The number of pyridine rings is 1. The SMILES string of the molecule is Cc1ccc(Sc2ccc(O)cc2)c(Nc2ncnc3nc(-c4ccccc4)ccc23)c1. The van der Waals surface area contributed by atoms with E-state index in [1.165, 1.54) is 6.33 Å². The fourth-order valence-electron chi connectivity index (χ4n) is 3.41.